The summed E-state index contributed by atoms with van der Waals surface area (Å²) in [6.45, 7) is 6.78. The van der Waals surface area contributed by atoms with Crippen molar-refractivity contribution in [3.05, 3.63) is 62.6 Å². The summed E-state index contributed by atoms with van der Waals surface area (Å²) in [5.74, 6) is 0.442. The fraction of sp³-hybridized carbons (Fsp3) is 0.318. The first-order valence-corrected chi connectivity index (χ1v) is 9.85. The van der Waals surface area contributed by atoms with Crippen LogP contribution in [0.5, 0.6) is 0 Å². The van der Waals surface area contributed by atoms with E-state index < -0.39 is 0 Å². The number of hydrogen-bond acceptors (Lipinski definition) is 2. The summed E-state index contributed by atoms with van der Waals surface area (Å²) in [4.78, 5) is 2.31. The molecule has 0 amide bonds. The molecule has 1 aliphatic heterocycles. The van der Waals surface area contributed by atoms with Crippen LogP contribution in [0.2, 0.25) is 5.02 Å². The molecule has 0 aromatic heterocycles. The summed E-state index contributed by atoms with van der Waals surface area (Å²) in [5.41, 5.74) is 4.93. The summed E-state index contributed by atoms with van der Waals surface area (Å²) < 4.78 is 0.949. The number of nitrogens with zero attached hydrogens (tertiary/aromatic N) is 2. The van der Waals surface area contributed by atoms with Gasteiger partial charge in [-0.1, -0.05) is 46.6 Å². The highest BCUT2D eigenvalue weighted by atomic mass is 79.9. The molecule has 0 saturated heterocycles. The van der Waals surface area contributed by atoms with E-state index >= 15 is 0 Å². The highest BCUT2D eigenvalue weighted by Crippen LogP contribution is 2.44. The van der Waals surface area contributed by atoms with Crippen LogP contribution in [-0.4, -0.2) is 12.6 Å². The van der Waals surface area contributed by atoms with E-state index in [0.29, 0.717) is 16.5 Å². The molecule has 2 nitrogen and oxygen atoms in total. The van der Waals surface area contributed by atoms with Gasteiger partial charge >= 0.3 is 0 Å². The molecule has 1 atom stereocenters. The van der Waals surface area contributed by atoms with Crippen LogP contribution >= 0.6 is 27.5 Å². The predicted molar refractivity (Wildman–Crippen MR) is 115 cm³/mol. The molecular weight excluding hydrogens is 408 g/mol. The first-order valence-electron chi connectivity index (χ1n) is 8.68. The summed E-state index contributed by atoms with van der Waals surface area (Å²) in [5, 5.41) is 10.3. The summed E-state index contributed by atoms with van der Waals surface area (Å²) in [6, 6.07) is 14.2. The van der Waals surface area contributed by atoms with Gasteiger partial charge in [0.2, 0.25) is 0 Å². The maximum absolute atomic E-state index is 9.64. The van der Waals surface area contributed by atoms with Crippen LogP contribution in [0.25, 0.3) is 11.6 Å². The van der Waals surface area contributed by atoms with E-state index in [1.807, 2.05) is 36.4 Å². The van der Waals surface area contributed by atoms with Crippen LogP contribution in [0.3, 0.4) is 0 Å². The molecular formula is C22H22BrClN2. The second-order valence-electron chi connectivity index (χ2n) is 7.59. The van der Waals surface area contributed by atoms with Gasteiger partial charge in [-0.05, 0) is 73.2 Å². The Bertz CT molecular complexity index is 924. The molecule has 134 valence electrons. The molecule has 1 heterocycles. The van der Waals surface area contributed by atoms with Gasteiger partial charge in [0.1, 0.15) is 0 Å². The van der Waals surface area contributed by atoms with Crippen LogP contribution in [0.4, 0.5) is 5.69 Å². The number of allylic oxidation sites excluding steroid dienone is 1. The Balaban J connectivity index is 2.10. The van der Waals surface area contributed by atoms with E-state index in [0.717, 1.165) is 22.0 Å². The third-order valence-electron chi connectivity index (χ3n) is 5.31. The minimum Gasteiger partial charge on any atom is -0.369 e. The number of anilines is 1. The standard InChI is InChI=1S/C22H22BrClN2/c1-14-12-22(2,3)26(4)21-11-20(24)16(10-19(14)21)8-17(13-25)15-6-5-7-18(23)9-15/h5-11,14H,12H2,1-4H3/b17-8+. The average molecular weight is 430 g/mol. The number of nitriles is 1. The zero-order chi connectivity index (χ0) is 19.1. The van der Waals surface area contributed by atoms with Gasteiger partial charge in [0, 0.05) is 27.8 Å². The molecule has 0 radical (unpaired) electrons. The minimum absolute atomic E-state index is 0.0984. The Morgan fingerprint density at radius 1 is 1.35 bits per heavy atom. The Kier molecular flexibility index (Phi) is 5.19. The zero-order valence-electron chi connectivity index (χ0n) is 15.5. The van der Waals surface area contributed by atoms with Gasteiger partial charge in [0.15, 0.2) is 0 Å². The molecule has 4 heteroatoms. The van der Waals surface area contributed by atoms with Crippen LogP contribution in [-0.2, 0) is 0 Å². The number of rotatable bonds is 2. The fourth-order valence-corrected chi connectivity index (χ4v) is 4.32. The van der Waals surface area contributed by atoms with Crippen molar-refractivity contribution in [2.24, 2.45) is 0 Å². The normalized spacial score (nSPS) is 19.0. The Morgan fingerprint density at radius 2 is 2.08 bits per heavy atom. The van der Waals surface area contributed by atoms with Crippen LogP contribution in [0, 0.1) is 11.3 Å². The lowest BCUT2D eigenvalue weighted by molar-refractivity contribution is 0.395. The van der Waals surface area contributed by atoms with Gasteiger partial charge in [-0.25, -0.2) is 0 Å². The van der Waals surface area contributed by atoms with Crippen molar-refractivity contribution in [3.63, 3.8) is 0 Å². The summed E-state index contributed by atoms with van der Waals surface area (Å²) in [6.07, 6.45) is 2.97. The van der Waals surface area contributed by atoms with Gasteiger partial charge in [-0.3, -0.25) is 0 Å². The van der Waals surface area contributed by atoms with Crippen LogP contribution in [0.15, 0.2) is 40.9 Å². The topological polar surface area (TPSA) is 27.0 Å². The minimum atomic E-state index is 0.0984. The first-order chi connectivity index (χ1) is 12.2. The molecule has 0 N–H and O–H groups in total. The lowest BCUT2D eigenvalue weighted by atomic mass is 9.80. The molecule has 0 bridgehead atoms. The Morgan fingerprint density at radius 3 is 2.73 bits per heavy atom. The first kappa shape index (κ1) is 19.0. The maximum atomic E-state index is 9.64. The van der Waals surface area contributed by atoms with E-state index in [1.54, 1.807) is 0 Å². The van der Waals surface area contributed by atoms with Crippen molar-refractivity contribution in [2.45, 2.75) is 38.6 Å². The third kappa shape index (κ3) is 3.54. The molecule has 0 fully saturated rings. The van der Waals surface area contributed by atoms with E-state index in [-0.39, 0.29) is 5.54 Å². The lowest BCUT2D eigenvalue weighted by Crippen LogP contribution is -2.45. The number of hydrogen-bond donors (Lipinski definition) is 0. The maximum Gasteiger partial charge on any atom is 0.0998 e. The lowest BCUT2D eigenvalue weighted by Gasteiger charge is -2.45. The van der Waals surface area contributed by atoms with Gasteiger partial charge in [-0.15, -0.1) is 0 Å². The molecule has 1 unspecified atom stereocenters. The fourth-order valence-electron chi connectivity index (χ4n) is 3.71. The zero-order valence-corrected chi connectivity index (χ0v) is 17.8. The van der Waals surface area contributed by atoms with E-state index in [4.69, 9.17) is 11.6 Å². The predicted octanol–water partition coefficient (Wildman–Crippen LogP) is 6.89. The molecule has 1 aliphatic rings. The quantitative estimate of drug-likeness (QED) is 0.384. The summed E-state index contributed by atoms with van der Waals surface area (Å²) in [7, 11) is 2.12. The van der Waals surface area contributed by atoms with Gasteiger partial charge < -0.3 is 4.90 Å². The van der Waals surface area contributed by atoms with Gasteiger partial charge in [0.25, 0.3) is 0 Å². The molecule has 0 aliphatic carbocycles. The molecule has 0 spiro atoms. The van der Waals surface area contributed by atoms with Crippen molar-refractivity contribution in [1.29, 1.82) is 5.26 Å². The number of fused-ring (bicyclic) bond motifs is 1. The Hall–Kier alpha value is -1.76. The molecule has 2 aromatic rings. The van der Waals surface area contributed by atoms with Crippen molar-refractivity contribution in [3.8, 4) is 6.07 Å². The van der Waals surface area contributed by atoms with E-state index in [1.165, 1.54) is 11.3 Å². The number of benzene rings is 2. The Labute approximate surface area is 169 Å². The van der Waals surface area contributed by atoms with Crippen molar-refractivity contribution < 1.29 is 0 Å². The highest BCUT2D eigenvalue weighted by molar-refractivity contribution is 9.10. The van der Waals surface area contributed by atoms with Crippen molar-refractivity contribution in [1.82, 2.24) is 0 Å². The molecule has 3 rings (SSSR count). The van der Waals surface area contributed by atoms with E-state index in [9.17, 15) is 5.26 Å². The third-order valence-corrected chi connectivity index (χ3v) is 6.13. The van der Waals surface area contributed by atoms with Crippen LogP contribution in [0.1, 0.15) is 49.8 Å². The average Bonchev–Trinajstić information content (AvgIpc) is 2.58. The molecule has 2 aromatic carbocycles. The smallest absolute Gasteiger partial charge is 0.0998 e. The monoisotopic (exact) mass is 428 g/mol. The van der Waals surface area contributed by atoms with Crippen molar-refractivity contribution >= 4 is 44.9 Å². The largest absolute Gasteiger partial charge is 0.369 e. The molecule has 0 saturated carbocycles. The second kappa shape index (κ2) is 7.10. The second-order valence-corrected chi connectivity index (χ2v) is 8.91. The summed E-state index contributed by atoms with van der Waals surface area (Å²) >= 11 is 10.1. The number of halogens is 2. The SMILES string of the molecule is CC1CC(C)(C)N(C)c2cc(Cl)c(/C=C(\C#N)c3cccc(Br)c3)cc21. The van der Waals surface area contributed by atoms with E-state index in [2.05, 4.69) is 60.8 Å². The van der Waals surface area contributed by atoms with Gasteiger partial charge in [0.05, 0.1) is 11.6 Å². The molecule has 26 heavy (non-hydrogen) atoms. The van der Waals surface area contributed by atoms with Gasteiger partial charge in [-0.2, -0.15) is 5.26 Å². The highest BCUT2D eigenvalue weighted by Gasteiger charge is 2.34. The van der Waals surface area contributed by atoms with Crippen molar-refractivity contribution in [2.75, 3.05) is 11.9 Å². The van der Waals surface area contributed by atoms with Crippen LogP contribution < -0.4 is 4.90 Å².